The molecule has 0 unspecified atom stereocenters. The lowest BCUT2D eigenvalue weighted by Crippen LogP contribution is -2.34. The van der Waals surface area contributed by atoms with Crippen LogP contribution in [0.15, 0.2) is 71.6 Å². The molecule has 3 rings (SSSR count). The monoisotopic (exact) mass is 499 g/mol. The normalized spacial score (nSPS) is 10.9. The lowest BCUT2D eigenvalue weighted by atomic mass is 10.1. The van der Waals surface area contributed by atoms with Gasteiger partial charge in [-0.05, 0) is 80.1 Å². The molecule has 2 amide bonds. The number of hydrogen-bond donors (Lipinski definition) is 3. The average Bonchev–Trinajstić information content (AvgIpc) is 2.84. The van der Waals surface area contributed by atoms with Crippen LogP contribution >= 0.6 is 0 Å². The fourth-order valence-corrected chi connectivity index (χ4v) is 4.13. The summed E-state index contributed by atoms with van der Waals surface area (Å²) in [7, 11) is -3.80. The highest BCUT2D eigenvalue weighted by Gasteiger charge is 2.15. The van der Waals surface area contributed by atoms with Crippen molar-refractivity contribution in [2.75, 3.05) is 24.4 Å². The molecule has 0 aliphatic carbocycles. The van der Waals surface area contributed by atoms with Gasteiger partial charge < -0.3 is 15.4 Å². The van der Waals surface area contributed by atoms with Gasteiger partial charge >= 0.3 is 0 Å². The topological polar surface area (TPSA) is 114 Å². The van der Waals surface area contributed by atoms with Crippen molar-refractivity contribution in [3.63, 3.8) is 0 Å². The fraction of sp³-hybridized carbons (Fsp3) is 0.200. The third-order valence-corrected chi connectivity index (χ3v) is 6.37. The first-order valence-corrected chi connectivity index (χ1v) is 12.4. The van der Waals surface area contributed by atoms with Gasteiger partial charge in [-0.1, -0.05) is 6.07 Å². The Kier molecular flexibility index (Phi) is 8.43. The standard InChI is InChI=1S/C25H26FN3O5S/c1-3-34-21-10-12-22(13-11-21)35(32,33)29-20-8-6-18(7-9-20)24(30)27-14-15-28-25(31)19-5-4-17(2)23(26)16-19/h4-13,16,29H,3,14-15H2,1-2H3,(H,27,30)(H,28,31). The van der Waals surface area contributed by atoms with Crippen LogP contribution in [0, 0.1) is 12.7 Å². The maximum Gasteiger partial charge on any atom is 0.261 e. The van der Waals surface area contributed by atoms with Crippen molar-refractivity contribution in [1.29, 1.82) is 0 Å². The van der Waals surface area contributed by atoms with Gasteiger partial charge in [-0.25, -0.2) is 12.8 Å². The van der Waals surface area contributed by atoms with Crippen LogP contribution in [0.3, 0.4) is 0 Å². The Morgan fingerprint density at radius 3 is 2.00 bits per heavy atom. The molecule has 0 spiro atoms. The zero-order chi connectivity index (χ0) is 25.4. The van der Waals surface area contributed by atoms with Gasteiger partial charge in [0.1, 0.15) is 11.6 Å². The summed E-state index contributed by atoms with van der Waals surface area (Å²) in [5.41, 5.74) is 1.26. The van der Waals surface area contributed by atoms with Crippen LogP contribution in [-0.4, -0.2) is 39.9 Å². The zero-order valence-corrected chi connectivity index (χ0v) is 20.1. The molecule has 0 heterocycles. The Bertz CT molecular complexity index is 1290. The second-order valence-corrected chi connectivity index (χ2v) is 9.25. The number of sulfonamides is 1. The summed E-state index contributed by atoms with van der Waals surface area (Å²) in [5, 5.41) is 5.27. The number of carbonyl (C=O) groups excluding carboxylic acids is 2. The first-order valence-electron chi connectivity index (χ1n) is 10.9. The van der Waals surface area contributed by atoms with E-state index in [1.54, 1.807) is 19.1 Å². The molecule has 0 aliphatic rings. The molecule has 35 heavy (non-hydrogen) atoms. The van der Waals surface area contributed by atoms with Gasteiger partial charge in [0, 0.05) is 29.9 Å². The Morgan fingerprint density at radius 2 is 1.43 bits per heavy atom. The quantitative estimate of drug-likeness (QED) is 0.370. The van der Waals surface area contributed by atoms with Gasteiger partial charge in [0.25, 0.3) is 21.8 Å². The van der Waals surface area contributed by atoms with E-state index < -0.39 is 21.7 Å². The van der Waals surface area contributed by atoms with E-state index in [0.717, 1.165) is 6.07 Å². The molecule has 0 saturated heterocycles. The molecule has 3 aromatic rings. The molecule has 10 heteroatoms. The van der Waals surface area contributed by atoms with E-state index in [4.69, 9.17) is 4.74 Å². The first-order chi connectivity index (χ1) is 16.7. The summed E-state index contributed by atoms with van der Waals surface area (Å²) >= 11 is 0. The van der Waals surface area contributed by atoms with E-state index in [-0.39, 0.29) is 29.5 Å². The summed E-state index contributed by atoms with van der Waals surface area (Å²) in [5.74, 6) is -0.717. The van der Waals surface area contributed by atoms with Crippen LogP contribution in [0.5, 0.6) is 5.75 Å². The second-order valence-electron chi connectivity index (χ2n) is 7.56. The fourth-order valence-electron chi connectivity index (χ4n) is 3.08. The van der Waals surface area contributed by atoms with Crippen molar-refractivity contribution in [2.45, 2.75) is 18.7 Å². The van der Waals surface area contributed by atoms with Crippen molar-refractivity contribution in [2.24, 2.45) is 0 Å². The van der Waals surface area contributed by atoms with Crippen LogP contribution in [-0.2, 0) is 10.0 Å². The first kappa shape index (κ1) is 25.7. The van der Waals surface area contributed by atoms with Crippen LogP contribution in [0.2, 0.25) is 0 Å². The van der Waals surface area contributed by atoms with Crippen molar-refractivity contribution >= 4 is 27.5 Å². The second kappa shape index (κ2) is 11.5. The van der Waals surface area contributed by atoms with Gasteiger partial charge in [0.05, 0.1) is 11.5 Å². The number of benzene rings is 3. The maximum atomic E-state index is 13.6. The van der Waals surface area contributed by atoms with E-state index >= 15 is 0 Å². The molecule has 0 fully saturated rings. The lowest BCUT2D eigenvalue weighted by Gasteiger charge is -2.10. The van der Waals surface area contributed by atoms with Gasteiger partial charge in [-0.15, -0.1) is 0 Å². The van der Waals surface area contributed by atoms with Crippen LogP contribution in [0.25, 0.3) is 0 Å². The summed E-state index contributed by atoms with van der Waals surface area (Å²) in [6, 6.07) is 16.2. The molecular weight excluding hydrogens is 473 g/mol. The molecule has 3 aromatic carbocycles. The summed E-state index contributed by atoms with van der Waals surface area (Å²) in [6.07, 6.45) is 0. The number of carbonyl (C=O) groups is 2. The molecule has 0 atom stereocenters. The van der Waals surface area contributed by atoms with Gasteiger partial charge in [0.15, 0.2) is 0 Å². The Hall–Kier alpha value is -3.92. The largest absolute Gasteiger partial charge is 0.494 e. The minimum Gasteiger partial charge on any atom is -0.494 e. The minimum atomic E-state index is -3.80. The van der Waals surface area contributed by atoms with Gasteiger partial charge in [-0.3, -0.25) is 14.3 Å². The molecule has 184 valence electrons. The SMILES string of the molecule is CCOc1ccc(S(=O)(=O)Nc2ccc(C(=O)NCCNC(=O)c3ccc(C)c(F)c3)cc2)cc1. The highest BCUT2D eigenvalue weighted by molar-refractivity contribution is 7.92. The van der Waals surface area contributed by atoms with Crippen LogP contribution < -0.4 is 20.1 Å². The molecule has 0 aliphatic heterocycles. The molecule has 3 N–H and O–H groups in total. The summed E-state index contributed by atoms with van der Waals surface area (Å²) < 4.78 is 46.5. The summed E-state index contributed by atoms with van der Waals surface area (Å²) in [4.78, 5) is 24.5. The number of aryl methyl sites for hydroxylation is 1. The van der Waals surface area contributed by atoms with Gasteiger partial charge in [0.2, 0.25) is 0 Å². The van der Waals surface area contributed by atoms with Crippen molar-refractivity contribution < 1.29 is 27.1 Å². The van der Waals surface area contributed by atoms with Crippen molar-refractivity contribution in [3.05, 3.63) is 89.2 Å². The molecule has 0 bridgehead atoms. The number of halogens is 1. The molecular formula is C25H26FN3O5S. The van der Waals surface area contributed by atoms with E-state index in [2.05, 4.69) is 15.4 Å². The van der Waals surface area contributed by atoms with E-state index in [0.29, 0.717) is 29.2 Å². The maximum absolute atomic E-state index is 13.6. The number of hydrogen-bond acceptors (Lipinski definition) is 5. The predicted molar refractivity (Wildman–Crippen MR) is 131 cm³/mol. The highest BCUT2D eigenvalue weighted by Crippen LogP contribution is 2.20. The summed E-state index contributed by atoms with van der Waals surface area (Å²) in [6.45, 7) is 4.23. The zero-order valence-electron chi connectivity index (χ0n) is 19.3. The van der Waals surface area contributed by atoms with Crippen molar-refractivity contribution in [3.8, 4) is 5.75 Å². The molecule has 8 nitrogen and oxygen atoms in total. The van der Waals surface area contributed by atoms with Crippen molar-refractivity contribution in [1.82, 2.24) is 10.6 Å². The molecule has 0 radical (unpaired) electrons. The molecule has 0 saturated carbocycles. The van der Waals surface area contributed by atoms with E-state index in [1.807, 2.05) is 6.92 Å². The molecule has 0 aromatic heterocycles. The Labute approximate surface area is 203 Å². The number of amides is 2. The number of nitrogens with one attached hydrogen (secondary N) is 3. The number of rotatable bonds is 10. The average molecular weight is 500 g/mol. The minimum absolute atomic E-state index is 0.0817. The Balaban J connectivity index is 1.49. The van der Waals surface area contributed by atoms with E-state index in [9.17, 15) is 22.4 Å². The van der Waals surface area contributed by atoms with Crippen LogP contribution in [0.4, 0.5) is 10.1 Å². The lowest BCUT2D eigenvalue weighted by molar-refractivity contribution is 0.0927. The van der Waals surface area contributed by atoms with E-state index in [1.165, 1.54) is 48.5 Å². The number of ether oxygens (including phenoxy) is 1. The third-order valence-electron chi connectivity index (χ3n) is 4.97. The Morgan fingerprint density at radius 1 is 0.857 bits per heavy atom. The smallest absolute Gasteiger partial charge is 0.261 e. The van der Waals surface area contributed by atoms with Crippen LogP contribution in [0.1, 0.15) is 33.2 Å². The highest BCUT2D eigenvalue weighted by atomic mass is 32.2. The predicted octanol–water partition coefficient (Wildman–Crippen LogP) is 3.49. The van der Waals surface area contributed by atoms with Gasteiger partial charge in [-0.2, -0.15) is 0 Å². The third kappa shape index (κ3) is 7.03. The number of anilines is 1.